The molecule has 1 aromatic carbocycles. The maximum Gasteiger partial charge on any atom is 0.340 e. The predicted molar refractivity (Wildman–Crippen MR) is 95.7 cm³/mol. The topological polar surface area (TPSA) is 123 Å². The number of nitrogens with two attached hydrogens (primary N) is 1. The molecule has 10 nitrogen and oxygen atoms in total. The van der Waals surface area contributed by atoms with Crippen molar-refractivity contribution in [1.82, 2.24) is 14.8 Å². The highest BCUT2D eigenvalue weighted by molar-refractivity contribution is 5.92. The largest absolute Gasteiger partial charge is 0.496 e. The smallest absolute Gasteiger partial charge is 0.340 e. The summed E-state index contributed by atoms with van der Waals surface area (Å²) in [5.74, 6) is 1.34. The summed E-state index contributed by atoms with van der Waals surface area (Å²) in [7, 11) is 4.56. The number of carbonyl (C=O) groups excluding carboxylic acids is 1. The second-order valence-electron chi connectivity index (χ2n) is 5.55. The molecular formula is C17H21N5O5. The van der Waals surface area contributed by atoms with Crippen LogP contribution >= 0.6 is 0 Å². The van der Waals surface area contributed by atoms with Gasteiger partial charge in [-0.3, -0.25) is 0 Å². The van der Waals surface area contributed by atoms with Gasteiger partial charge in [0.1, 0.15) is 41.0 Å². The van der Waals surface area contributed by atoms with Gasteiger partial charge in [0.15, 0.2) is 0 Å². The predicted octanol–water partition coefficient (Wildman–Crippen LogP) is 1.05. The number of benzene rings is 1. The Bertz CT molecular complexity index is 867. The average Bonchev–Trinajstić information content (AvgIpc) is 3.13. The van der Waals surface area contributed by atoms with Crippen molar-refractivity contribution in [3.05, 3.63) is 35.4 Å². The molecule has 0 radical (unpaired) electrons. The molecular weight excluding hydrogens is 354 g/mol. The van der Waals surface area contributed by atoms with Crippen LogP contribution in [0.15, 0.2) is 29.9 Å². The lowest BCUT2D eigenvalue weighted by Crippen LogP contribution is -2.33. The van der Waals surface area contributed by atoms with Gasteiger partial charge < -0.3 is 30.0 Å². The molecule has 3 N–H and O–H groups in total. The first kappa shape index (κ1) is 18.4. The highest BCUT2D eigenvalue weighted by atomic mass is 16.5. The number of esters is 1. The molecule has 3 rings (SSSR count). The van der Waals surface area contributed by atoms with Crippen molar-refractivity contribution < 1.29 is 23.7 Å². The number of anilines is 1. The number of nitrogens with zero attached hydrogens (tertiary/aromatic N) is 3. The standard InChI is InChI=1S/C17H21N5O5/c1-5-27-16(23)13-14(22-17(19-8-20-22)21-15(13)18)12-10(25-3)6-9(24-2)7-11(12)26-4/h6-8,14H,5,18H2,1-4H3,(H,19,20,21). The van der Waals surface area contributed by atoms with Crippen LogP contribution in [0.4, 0.5) is 5.95 Å². The molecule has 2 aromatic rings. The average molecular weight is 375 g/mol. The molecule has 0 saturated heterocycles. The van der Waals surface area contributed by atoms with Crippen LogP contribution in [-0.4, -0.2) is 48.7 Å². The van der Waals surface area contributed by atoms with E-state index < -0.39 is 12.0 Å². The van der Waals surface area contributed by atoms with Gasteiger partial charge in [-0.05, 0) is 6.92 Å². The van der Waals surface area contributed by atoms with Gasteiger partial charge in [0.25, 0.3) is 0 Å². The SMILES string of the molecule is CCOC(=O)C1=C(N)Nc2ncnn2C1c1c(OC)cc(OC)cc1OC. The van der Waals surface area contributed by atoms with Crippen LogP contribution in [-0.2, 0) is 9.53 Å². The van der Waals surface area contributed by atoms with E-state index in [0.717, 1.165) is 0 Å². The zero-order valence-electron chi connectivity index (χ0n) is 15.5. The maximum absolute atomic E-state index is 12.7. The van der Waals surface area contributed by atoms with E-state index in [1.54, 1.807) is 19.1 Å². The summed E-state index contributed by atoms with van der Waals surface area (Å²) in [5, 5.41) is 7.10. The van der Waals surface area contributed by atoms with Gasteiger partial charge in [0, 0.05) is 12.1 Å². The molecule has 1 atom stereocenters. The van der Waals surface area contributed by atoms with Crippen LogP contribution < -0.4 is 25.3 Å². The summed E-state index contributed by atoms with van der Waals surface area (Å²) in [5.41, 5.74) is 6.85. The number of rotatable bonds is 6. The highest BCUT2D eigenvalue weighted by Gasteiger charge is 2.38. The lowest BCUT2D eigenvalue weighted by molar-refractivity contribution is -0.139. The van der Waals surface area contributed by atoms with E-state index in [4.69, 9.17) is 24.7 Å². The molecule has 0 aliphatic carbocycles. The third-order valence-electron chi connectivity index (χ3n) is 4.15. The number of aromatic nitrogens is 3. The molecule has 1 aromatic heterocycles. The molecule has 2 heterocycles. The Balaban J connectivity index is 2.28. The van der Waals surface area contributed by atoms with Crippen molar-refractivity contribution in [3.8, 4) is 17.2 Å². The molecule has 0 amide bonds. The Morgan fingerprint density at radius 1 is 1.22 bits per heavy atom. The normalized spacial score (nSPS) is 15.6. The van der Waals surface area contributed by atoms with Crippen molar-refractivity contribution in [2.75, 3.05) is 33.3 Å². The molecule has 0 fully saturated rings. The number of ether oxygens (including phenoxy) is 4. The number of fused-ring (bicyclic) bond motifs is 1. The number of hydrogen-bond acceptors (Lipinski definition) is 9. The minimum Gasteiger partial charge on any atom is -0.496 e. The summed E-state index contributed by atoms with van der Waals surface area (Å²) < 4.78 is 23.1. The molecule has 1 aliphatic heterocycles. The maximum atomic E-state index is 12.7. The molecule has 0 spiro atoms. The van der Waals surface area contributed by atoms with Crippen molar-refractivity contribution in [3.63, 3.8) is 0 Å². The minimum atomic E-state index is -0.765. The summed E-state index contributed by atoms with van der Waals surface area (Å²) in [4.78, 5) is 16.8. The summed E-state index contributed by atoms with van der Waals surface area (Å²) in [6.45, 7) is 1.92. The molecule has 0 saturated carbocycles. The zero-order chi connectivity index (χ0) is 19.6. The fourth-order valence-electron chi connectivity index (χ4n) is 2.99. The Morgan fingerprint density at radius 2 is 1.89 bits per heavy atom. The van der Waals surface area contributed by atoms with E-state index in [-0.39, 0.29) is 18.0 Å². The first-order valence-electron chi connectivity index (χ1n) is 8.18. The van der Waals surface area contributed by atoms with Crippen LogP contribution in [0.2, 0.25) is 0 Å². The highest BCUT2D eigenvalue weighted by Crippen LogP contribution is 2.45. The van der Waals surface area contributed by atoms with Gasteiger partial charge in [-0.1, -0.05) is 0 Å². The number of hydrogen-bond donors (Lipinski definition) is 2. The van der Waals surface area contributed by atoms with E-state index in [2.05, 4.69) is 15.4 Å². The van der Waals surface area contributed by atoms with E-state index in [1.807, 2.05) is 0 Å². The van der Waals surface area contributed by atoms with E-state index in [9.17, 15) is 4.79 Å². The Morgan fingerprint density at radius 3 is 2.44 bits per heavy atom. The summed E-state index contributed by atoms with van der Waals surface area (Å²) in [6.07, 6.45) is 1.36. The van der Waals surface area contributed by atoms with Crippen molar-refractivity contribution in [1.29, 1.82) is 0 Å². The van der Waals surface area contributed by atoms with Crippen LogP contribution in [0, 0.1) is 0 Å². The quantitative estimate of drug-likeness (QED) is 0.713. The van der Waals surface area contributed by atoms with Crippen molar-refractivity contribution >= 4 is 11.9 Å². The zero-order valence-corrected chi connectivity index (χ0v) is 15.5. The molecule has 1 unspecified atom stereocenters. The van der Waals surface area contributed by atoms with Gasteiger partial charge in [-0.15, -0.1) is 0 Å². The van der Waals surface area contributed by atoms with Gasteiger partial charge in [0.2, 0.25) is 5.95 Å². The van der Waals surface area contributed by atoms with Crippen molar-refractivity contribution in [2.24, 2.45) is 5.73 Å². The third kappa shape index (κ3) is 3.09. The van der Waals surface area contributed by atoms with E-state index in [1.165, 1.54) is 32.3 Å². The third-order valence-corrected chi connectivity index (χ3v) is 4.15. The second kappa shape index (κ2) is 7.44. The monoisotopic (exact) mass is 375 g/mol. The second-order valence-corrected chi connectivity index (χ2v) is 5.55. The molecule has 0 bridgehead atoms. The molecule has 27 heavy (non-hydrogen) atoms. The number of nitrogens with one attached hydrogen (secondary N) is 1. The first-order chi connectivity index (χ1) is 13.0. The molecule has 1 aliphatic rings. The van der Waals surface area contributed by atoms with Gasteiger partial charge >= 0.3 is 5.97 Å². The van der Waals surface area contributed by atoms with E-state index >= 15 is 0 Å². The Hall–Kier alpha value is -3.43. The Labute approximate surface area is 155 Å². The Kier molecular flexibility index (Phi) is 5.06. The lowest BCUT2D eigenvalue weighted by Gasteiger charge is -2.29. The lowest BCUT2D eigenvalue weighted by atomic mass is 9.95. The van der Waals surface area contributed by atoms with Crippen LogP contribution in [0.1, 0.15) is 18.5 Å². The first-order valence-corrected chi connectivity index (χ1v) is 8.18. The van der Waals surface area contributed by atoms with Crippen LogP contribution in [0.5, 0.6) is 17.2 Å². The number of carbonyl (C=O) groups is 1. The van der Waals surface area contributed by atoms with Gasteiger partial charge in [-0.2, -0.15) is 10.1 Å². The van der Waals surface area contributed by atoms with Crippen molar-refractivity contribution in [2.45, 2.75) is 13.0 Å². The van der Waals surface area contributed by atoms with Gasteiger partial charge in [0.05, 0.1) is 33.5 Å². The summed E-state index contributed by atoms with van der Waals surface area (Å²) in [6, 6.07) is 2.61. The van der Waals surface area contributed by atoms with Gasteiger partial charge in [-0.25, -0.2) is 9.48 Å². The molecule has 10 heteroatoms. The fraction of sp³-hybridized carbons (Fsp3) is 0.353. The number of methoxy groups -OCH3 is 3. The van der Waals surface area contributed by atoms with Crippen LogP contribution in [0.3, 0.4) is 0 Å². The van der Waals surface area contributed by atoms with E-state index in [0.29, 0.717) is 28.8 Å². The van der Waals surface area contributed by atoms with Crippen LogP contribution in [0.25, 0.3) is 0 Å². The minimum absolute atomic E-state index is 0.124. The molecule has 144 valence electrons. The fourth-order valence-corrected chi connectivity index (χ4v) is 2.99. The summed E-state index contributed by atoms with van der Waals surface area (Å²) >= 11 is 0.